The molecular weight excluding hydrogens is 310 g/mol. The molecule has 3 unspecified atom stereocenters. The van der Waals surface area contributed by atoms with E-state index in [1.165, 1.54) is 0 Å². The molecular formula is C22H33NO2. The van der Waals surface area contributed by atoms with E-state index < -0.39 is 11.7 Å². The van der Waals surface area contributed by atoms with E-state index in [0.717, 1.165) is 17.7 Å². The molecule has 2 N–H and O–H groups in total. The summed E-state index contributed by atoms with van der Waals surface area (Å²) < 4.78 is 0. The summed E-state index contributed by atoms with van der Waals surface area (Å²) in [5.41, 5.74) is 0.991. The minimum absolute atomic E-state index is 0.383. The van der Waals surface area contributed by atoms with Gasteiger partial charge < -0.3 is 15.1 Å². The number of benzene rings is 1. The molecule has 138 valence electrons. The van der Waals surface area contributed by atoms with Crippen molar-refractivity contribution in [1.82, 2.24) is 0 Å². The zero-order chi connectivity index (χ0) is 18.9. The molecule has 0 spiro atoms. The molecule has 0 fully saturated rings. The van der Waals surface area contributed by atoms with E-state index in [0.29, 0.717) is 12.5 Å². The Balaban J connectivity index is 0.00000151. The summed E-state index contributed by atoms with van der Waals surface area (Å²) in [6, 6.07) is 8.19. The zero-order valence-corrected chi connectivity index (χ0v) is 16.2. The van der Waals surface area contributed by atoms with Crippen LogP contribution in [0.5, 0.6) is 0 Å². The minimum Gasteiger partial charge on any atom is -0.388 e. The molecule has 0 saturated carbocycles. The monoisotopic (exact) mass is 343 g/mol. The fourth-order valence-corrected chi connectivity index (χ4v) is 2.49. The molecule has 3 atom stereocenters. The van der Waals surface area contributed by atoms with E-state index in [1.54, 1.807) is 13.0 Å². The number of rotatable bonds is 5. The molecule has 1 aliphatic heterocycles. The van der Waals surface area contributed by atoms with Gasteiger partial charge >= 0.3 is 0 Å². The molecule has 0 aliphatic carbocycles. The van der Waals surface area contributed by atoms with Gasteiger partial charge in [-0.3, -0.25) is 0 Å². The van der Waals surface area contributed by atoms with Crippen molar-refractivity contribution in [2.75, 3.05) is 11.4 Å². The third-order valence-corrected chi connectivity index (χ3v) is 4.20. The van der Waals surface area contributed by atoms with E-state index in [4.69, 9.17) is 0 Å². The van der Waals surface area contributed by atoms with E-state index in [2.05, 4.69) is 43.4 Å². The Hall–Kier alpha value is -1.84. The Kier molecular flexibility index (Phi) is 8.67. The summed E-state index contributed by atoms with van der Waals surface area (Å²) in [5.74, 6) is 0.502. The number of anilines is 1. The van der Waals surface area contributed by atoms with Crippen LogP contribution in [-0.2, 0) is 0 Å². The highest BCUT2D eigenvalue weighted by Gasteiger charge is 2.32. The lowest BCUT2D eigenvalue weighted by molar-refractivity contribution is -0.0247. The molecule has 3 nitrogen and oxygen atoms in total. The van der Waals surface area contributed by atoms with Crippen LogP contribution < -0.4 is 4.90 Å². The summed E-state index contributed by atoms with van der Waals surface area (Å²) in [6.45, 7) is 10.2. The van der Waals surface area contributed by atoms with Gasteiger partial charge in [0.2, 0.25) is 0 Å². The first-order valence-electron chi connectivity index (χ1n) is 9.18. The minimum atomic E-state index is -1.16. The maximum Gasteiger partial charge on any atom is 0.109 e. The van der Waals surface area contributed by atoms with E-state index >= 15 is 0 Å². The van der Waals surface area contributed by atoms with Crippen LogP contribution in [-0.4, -0.2) is 28.5 Å². The summed E-state index contributed by atoms with van der Waals surface area (Å²) >= 11 is 0. The Morgan fingerprint density at radius 2 is 2.08 bits per heavy atom. The lowest BCUT2D eigenvalue weighted by Gasteiger charge is -2.35. The van der Waals surface area contributed by atoms with Crippen molar-refractivity contribution in [2.45, 2.75) is 52.7 Å². The molecule has 1 aliphatic rings. The van der Waals surface area contributed by atoms with E-state index in [9.17, 15) is 10.2 Å². The predicted octanol–water partition coefficient (Wildman–Crippen LogP) is 4.77. The highest BCUT2D eigenvalue weighted by molar-refractivity contribution is 5.60. The Morgan fingerprint density at radius 1 is 1.36 bits per heavy atom. The van der Waals surface area contributed by atoms with Crippen molar-refractivity contribution >= 4 is 11.8 Å². The third-order valence-electron chi connectivity index (χ3n) is 4.20. The van der Waals surface area contributed by atoms with Crippen LogP contribution in [0.3, 0.4) is 0 Å². The van der Waals surface area contributed by atoms with Crippen LogP contribution in [0.1, 0.15) is 46.6 Å². The van der Waals surface area contributed by atoms with Gasteiger partial charge in [-0.05, 0) is 50.0 Å². The number of hydrogen-bond donors (Lipinski definition) is 2. The van der Waals surface area contributed by atoms with Crippen LogP contribution in [0.15, 0.2) is 54.8 Å². The zero-order valence-electron chi connectivity index (χ0n) is 16.2. The highest BCUT2D eigenvalue weighted by Crippen LogP contribution is 2.25. The maximum absolute atomic E-state index is 10.0. The van der Waals surface area contributed by atoms with Gasteiger partial charge in [0.05, 0.1) is 6.54 Å². The number of nitrogens with zero attached hydrogens (tertiary/aromatic N) is 1. The lowest BCUT2D eigenvalue weighted by atomic mass is 9.95. The van der Waals surface area contributed by atoms with Gasteiger partial charge in [0.1, 0.15) is 11.7 Å². The number of aliphatic hydroxyl groups is 2. The van der Waals surface area contributed by atoms with Crippen LogP contribution >= 0.6 is 0 Å². The largest absolute Gasteiger partial charge is 0.388 e. The molecule has 0 bridgehead atoms. The summed E-state index contributed by atoms with van der Waals surface area (Å²) in [5, 5.41) is 20.0. The average Bonchev–Trinajstić information content (AvgIpc) is 2.62. The first-order valence-corrected chi connectivity index (χ1v) is 9.18. The van der Waals surface area contributed by atoms with Crippen LogP contribution in [0.25, 0.3) is 6.08 Å². The molecule has 3 heteroatoms. The van der Waals surface area contributed by atoms with Crippen molar-refractivity contribution in [1.29, 1.82) is 0 Å². The van der Waals surface area contributed by atoms with Crippen molar-refractivity contribution in [2.24, 2.45) is 5.92 Å². The average molecular weight is 344 g/mol. The van der Waals surface area contributed by atoms with Gasteiger partial charge in [0.25, 0.3) is 0 Å². The molecule has 1 aromatic carbocycles. The van der Waals surface area contributed by atoms with Gasteiger partial charge in [-0.15, -0.1) is 0 Å². The van der Waals surface area contributed by atoms with Gasteiger partial charge in [-0.25, -0.2) is 0 Å². The fraction of sp³-hybridized carbons (Fsp3) is 0.455. The SMILES string of the molecule is C/C=C\CC(C)/C=C/c1cccc(N2C=CC(C)(O)C(O)C2)c1.CC. The molecule has 1 heterocycles. The normalized spacial score (nSPS) is 24.4. The molecule has 2 rings (SSSR count). The number of hydrogen-bond acceptors (Lipinski definition) is 3. The molecule has 0 aromatic heterocycles. The van der Waals surface area contributed by atoms with Gasteiger partial charge in [-0.1, -0.05) is 57.2 Å². The summed E-state index contributed by atoms with van der Waals surface area (Å²) in [6.07, 6.45) is 12.3. The Morgan fingerprint density at radius 3 is 2.72 bits per heavy atom. The van der Waals surface area contributed by atoms with Crippen LogP contribution in [0.4, 0.5) is 5.69 Å². The fourth-order valence-electron chi connectivity index (χ4n) is 2.49. The summed E-state index contributed by atoms with van der Waals surface area (Å²) in [7, 11) is 0. The van der Waals surface area contributed by atoms with E-state index in [-0.39, 0.29) is 0 Å². The van der Waals surface area contributed by atoms with Crippen LogP contribution in [0, 0.1) is 5.92 Å². The molecule has 0 saturated heterocycles. The second-order valence-corrected chi connectivity index (χ2v) is 6.45. The standard InChI is InChI=1S/C20H27NO2.C2H6/c1-4-5-7-16(2)10-11-17-8-6-9-18(14-17)21-13-12-20(3,23)19(22)15-21;1-2/h4-6,8-14,16,19,22-23H,7,15H2,1-3H3;1-2H3/b5-4-,11-10+;. The number of allylic oxidation sites excluding steroid dienone is 3. The van der Waals surface area contributed by atoms with Crippen molar-refractivity contribution in [3.05, 3.63) is 60.3 Å². The molecule has 1 aromatic rings. The van der Waals surface area contributed by atoms with Gasteiger partial charge in [0, 0.05) is 11.9 Å². The first-order chi connectivity index (χ1) is 11.9. The second-order valence-electron chi connectivity index (χ2n) is 6.45. The first kappa shape index (κ1) is 21.2. The quantitative estimate of drug-likeness (QED) is 0.757. The van der Waals surface area contributed by atoms with Crippen molar-refractivity contribution < 1.29 is 10.2 Å². The highest BCUT2D eigenvalue weighted by atomic mass is 16.3. The smallest absolute Gasteiger partial charge is 0.109 e. The predicted molar refractivity (Wildman–Crippen MR) is 109 cm³/mol. The molecule has 25 heavy (non-hydrogen) atoms. The van der Waals surface area contributed by atoms with Gasteiger partial charge in [0.15, 0.2) is 0 Å². The van der Waals surface area contributed by atoms with Gasteiger partial charge in [-0.2, -0.15) is 0 Å². The summed E-state index contributed by atoms with van der Waals surface area (Å²) in [4.78, 5) is 1.96. The number of β-amino-alcohol motifs (C(OH)–C–C–N with tert-alkyl or cyclic N) is 1. The molecule has 0 radical (unpaired) electrons. The Bertz CT molecular complexity index is 602. The third kappa shape index (κ3) is 6.52. The van der Waals surface area contributed by atoms with E-state index in [1.807, 2.05) is 44.0 Å². The lowest BCUT2D eigenvalue weighted by Crippen LogP contribution is -2.48. The number of aliphatic hydroxyl groups excluding tert-OH is 1. The van der Waals surface area contributed by atoms with Crippen LogP contribution in [0.2, 0.25) is 0 Å². The topological polar surface area (TPSA) is 43.7 Å². The second kappa shape index (κ2) is 10.2. The Labute approximate surface area is 153 Å². The van der Waals surface area contributed by atoms with Crippen molar-refractivity contribution in [3.63, 3.8) is 0 Å². The molecule has 0 amide bonds. The van der Waals surface area contributed by atoms with Crippen molar-refractivity contribution in [3.8, 4) is 0 Å². The maximum atomic E-state index is 10.0.